The van der Waals surface area contributed by atoms with Crippen molar-refractivity contribution in [1.82, 2.24) is 25.0 Å². The Bertz CT molecular complexity index is 867. The Balaban J connectivity index is 1.41. The fourth-order valence-corrected chi connectivity index (χ4v) is 3.41. The van der Waals surface area contributed by atoms with Crippen LogP contribution in [0.2, 0.25) is 5.02 Å². The molecule has 0 aliphatic rings. The van der Waals surface area contributed by atoms with E-state index in [0.29, 0.717) is 28.2 Å². The zero-order valence-corrected chi connectivity index (χ0v) is 16.1. The predicted octanol–water partition coefficient (Wildman–Crippen LogP) is 2.92. The molecule has 0 atom stereocenters. The lowest BCUT2D eigenvalue weighted by Crippen LogP contribution is -2.13. The molecule has 2 aromatic heterocycles. The van der Waals surface area contributed by atoms with Gasteiger partial charge in [0.1, 0.15) is 6.33 Å². The number of anilines is 1. The maximum absolute atomic E-state index is 11.9. The molecule has 0 fully saturated rings. The van der Waals surface area contributed by atoms with Crippen molar-refractivity contribution >= 4 is 46.7 Å². The number of hydrogen-bond donors (Lipinski definition) is 1. The molecular formula is C15H15ClN6O2S2. The van der Waals surface area contributed by atoms with E-state index in [1.54, 1.807) is 42.4 Å². The van der Waals surface area contributed by atoms with E-state index in [9.17, 15) is 4.79 Å². The van der Waals surface area contributed by atoms with E-state index in [-0.39, 0.29) is 11.7 Å². The van der Waals surface area contributed by atoms with Gasteiger partial charge in [-0.3, -0.25) is 4.79 Å². The number of nitrogens with zero attached hydrogens (tertiary/aromatic N) is 5. The molecule has 1 amide bonds. The van der Waals surface area contributed by atoms with Gasteiger partial charge in [0.05, 0.1) is 5.75 Å². The number of benzene rings is 1. The van der Waals surface area contributed by atoms with Crippen molar-refractivity contribution in [1.29, 1.82) is 0 Å². The average Bonchev–Trinajstić information content (AvgIpc) is 3.25. The molecule has 26 heavy (non-hydrogen) atoms. The molecule has 3 aromatic rings. The number of aryl methyl sites for hydroxylation is 2. The highest BCUT2D eigenvalue weighted by atomic mass is 35.5. The van der Waals surface area contributed by atoms with Gasteiger partial charge in [0, 0.05) is 29.9 Å². The fraction of sp³-hybridized carbons (Fsp3) is 0.267. The highest BCUT2D eigenvalue weighted by Gasteiger charge is 2.11. The molecule has 0 saturated carbocycles. The van der Waals surface area contributed by atoms with Crippen LogP contribution in [-0.2, 0) is 18.3 Å². The molecule has 0 spiro atoms. The quantitative estimate of drug-likeness (QED) is 0.566. The van der Waals surface area contributed by atoms with Crippen LogP contribution in [0, 0.1) is 0 Å². The van der Waals surface area contributed by atoms with Crippen LogP contribution in [0.3, 0.4) is 0 Å². The van der Waals surface area contributed by atoms with Crippen LogP contribution in [0.5, 0.6) is 0 Å². The Hall–Kier alpha value is -2.04. The van der Waals surface area contributed by atoms with Gasteiger partial charge >= 0.3 is 0 Å². The van der Waals surface area contributed by atoms with E-state index in [1.165, 1.54) is 11.8 Å². The standard InChI is InChI=1S/C15H15ClN6O2S2/c1-22-9-17-20-14(22)25-7-6-13-19-21-15(24-13)26-8-12(23)18-11-4-2-10(16)3-5-11/h2-5,9H,6-8H2,1H3,(H,18,23). The molecule has 11 heteroatoms. The summed E-state index contributed by atoms with van der Waals surface area (Å²) >= 11 is 8.56. The number of halogens is 1. The van der Waals surface area contributed by atoms with Crippen LogP contribution in [0.15, 0.2) is 45.4 Å². The molecule has 8 nitrogen and oxygen atoms in total. The molecule has 136 valence electrons. The van der Waals surface area contributed by atoms with Gasteiger partial charge in [-0.05, 0) is 24.3 Å². The van der Waals surface area contributed by atoms with Crippen LogP contribution in [0.4, 0.5) is 5.69 Å². The summed E-state index contributed by atoms with van der Waals surface area (Å²) in [6.07, 6.45) is 2.26. The van der Waals surface area contributed by atoms with Gasteiger partial charge in [-0.2, -0.15) is 0 Å². The van der Waals surface area contributed by atoms with Crippen LogP contribution >= 0.6 is 35.1 Å². The highest BCUT2D eigenvalue weighted by molar-refractivity contribution is 7.99. The van der Waals surface area contributed by atoms with Crippen molar-refractivity contribution in [2.75, 3.05) is 16.8 Å². The van der Waals surface area contributed by atoms with Crippen molar-refractivity contribution in [2.24, 2.45) is 7.05 Å². The zero-order chi connectivity index (χ0) is 18.4. The van der Waals surface area contributed by atoms with E-state index in [0.717, 1.165) is 10.9 Å². The summed E-state index contributed by atoms with van der Waals surface area (Å²) in [5.41, 5.74) is 0.687. The number of nitrogens with one attached hydrogen (secondary N) is 1. The third-order valence-electron chi connectivity index (χ3n) is 3.12. The Morgan fingerprint density at radius 3 is 2.77 bits per heavy atom. The van der Waals surface area contributed by atoms with Gasteiger partial charge in [-0.15, -0.1) is 20.4 Å². The Morgan fingerprint density at radius 2 is 2.04 bits per heavy atom. The summed E-state index contributed by atoms with van der Waals surface area (Å²) in [5, 5.41) is 20.3. The molecule has 1 N–H and O–H groups in total. The molecule has 0 radical (unpaired) electrons. The number of rotatable bonds is 8. The van der Waals surface area contributed by atoms with Gasteiger partial charge in [0.2, 0.25) is 11.8 Å². The summed E-state index contributed by atoms with van der Waals surface area (Å²) in [7, 11) is 1.89. The van der Waals surface area contributed by atoms with Gasteiger partial charge in [-0.25, -0.2) is 0 Å². The third-order valence-corrected chi connectivity index (χ3v) is 5.23. The summed E-state index contributed by atoms with van der Waals surface area (Å²) in [4.78, 5) is 11.9. The number of aromatic nitrogens is 5. The van der Waals surface area contributed by atoms with Crippen molar-refractivity contribution in [3.63, 3.8) is 0 Å². The Morgan fingerprint density at radius 1 is 1.23 bits per heavy atom. The molecule has 2 heterocycles. The van der Waals surface area contributed by atoms with E-state index < -0.39 is 0 Å². The maximum Gasteiger partial charge on any atom is 0.277 e. The first kappa shape index (κ1) is 18.7. The lowest BCUT2D eigenvalue weighted by molar-refractivity contribution is -0.113. The molecule has 0 aliphatic carbocycles. The van der Waals surface area contributed by atoms with E-state index in [1.807, 2.05) is 11.6 Å². The monoisotopic (exact) mass is 410 g/mol. The third kappa shape index (κ3) is 5.48. The Labute approximate surface area is 163 Å². The Kier molecular flexibility index (Phi) is 6.53. The minimum Gasteiger partial charge on any atom is -0.416 e. The lowest BCUT2D eigenvalue weighted by atomic mass is 10.3. The smallest absolute Gasteiger partial charge is 0.277 e. The van der Waals surface area contributed by atoms with Crippen LogP contribution in [0.1, 0.15) is 5.89 Å². The highest BCUT2D eigenvalue weighted by Crippen LogP contribution is 2.20. The first-order chi connectivity index (χ1) is 12.6. The zero-order valence-electron chi connectivity index (χ0n) is 13.8. The number of carbonyl (C=O) groups excluding carboxylic acids is 1. The van der Waals surface area contributed by atoms with Gasteiger partial charge in [-0.1, -0.05) is 35.1 Å². The molecule has 1 aromatic carbocycles. The molecule has 0 aliphatic heterocycles. The lowest BCUT2D eigenvalue weighted by Gasteiger charge is -2.03. The van der Waals surface area contributed by atoms with Crippen molar-refractivity contribution < 1.29 is 9.21 Å². The van der Waals surface area contributed by atoms with E-state index >= 15 is 0 Å². The summed E-state index contributed by atoms with van der Waals surface area (Å²) < 4.78 is 7.38. The van der Waals surface area contributed by atoms with Gasteiger partial charge in [0.15, 0.2) is 5.16 Å². The molecule has 0 bridgehead atoms. The summed E-state index contributed by atoms with van der Waals surface area (Å²) in [5.74, 6) is 1.29. The second-order valence-electron chi connectivity index (χ2n) is 5.13. The summed E-state index contributed by atoms with van der Waals surface area (Å²) in [6.45, 7) is 0. The average molecular weight is 411 g/mol. The van der Waals surface area contributed by atoms with Crippen molar-refractivity contribution in [3.8, 4) is 0 Å². The van der Waals surface area contributed by atoms with Crippen molar-refractivity contribution in [2.45, 2.75) is 16.8 Å². The van der Waals surface area contributed by atoms with Gasteiger partial charge in [0.25, 0.3) is 5.22 Å². The molecule has 0 saturated heterocycles. The fourth-order valence-electron chi connectivity index (χ4n) is 1.89. The normalized spacial score (nSPS) is 10.8. The van der Waals surface area contributed by atoms with Crippen LogP contribution in [-0.4, -0.2) is 42.4 Å². The van der Waals surface area contributed by atoms with Crippen LogP contribution in [0.25, 0.3) is 0 Å². The second kappa shape index (κ2) is 9.06. The minimum atomic E-state index is -0.157. The molecule has 3 rings (SSSR count). The number of hydrogen-bond acceptors (Lipinski definition) is 8. The SMILES string of the molecule is Cn1cnnc1SCCc1nnc(SCC(=O)Nc2ccc(Cl)cc2)o1. The number of amides is 1. The summed E-state index contributed by atoms with van der Waals surface area (Å²) in [6, 6.07) is 6.91. The van der Waals surface area contributed by atoms with E-state index in [2.05, 4.69) is 25.7 Å². The van der Waals surface area contributed by atoms with Gasteiger partial charge < -0.3 is 14.3 Å². The number of thioether (sulfide) groups is 2. The van der Waals surface area contributed by atoms with Crippen LogP contribution < -0.4 is 5.32 Å². The maximum atomic E-state index is 11.9. The predicted molar refractivity (Wildman–Crippen MR) is 101 cm³/mol. The second-order valence-corrected chi connectivity index (χ2v) is 7.55. The first-order valence-corrected chi connectivity index (χ1v) is 9.92. The minimum absolute atomic E-state index is 0.157. The number of carbonyl (C=O) groups is 1. The molecule has 0 unspecified atom stereocenters. The largest absolute Gasteiger partial charge is 0.416 e. The first-order valence-electron chi connectivity index (χ1n) is 7.57. The van der Waals surface area contributed by atoms with E-state index in [4.69, 9.17) is 16.0 Å². The molecular weight excluding hydrogens is 396 g/mol. The van der Waals surface area contributed by atoms with Crippen molar-refractivity contribution in [3.05, 3.63) is 41.5 Å². The topological polar surface area (TPSA) is 98.7 Å².